The predicted molar refractivity (Wildman–Crippen MR) is 82.1 cm³/mol. The fourth-order valence-corrected chi connectivity index (χ4v) is 4.06. The highest BCUT2D eigenvalue weighted by Gasteiger charge is 2.20. The van der Waals surface area contributed by atoms with E-state index in [0.717, 1.165) is 37.2 Å². The van der Waals surface area contributed by atoms with Gasteiger partial charge in [0, 0.05) is 18.0 Å². The van der Waals surface area contributed by atoms with Gasteiger partial charge in [-0.1, -0.05) is 33.1 Å². The van der Waals surface area contributed by atoms with Crippen LogP contribution < -0.4 is 0 Å². The fraction of sp³-hybridized carbons (Fsp3) is 0.688. The summed E-state index contributed by atoms with van der Waals surface area (Å²) in [5.41, 5.74) is 1.38. The molecule has 0 spiro atoms. The minimum Gasteiger partial charge on any atom is -0.338 e. The number of hydrogen-bond acceptors (Lipinski definition) is 2. The molecule has 106 valence electrons. The molecule has 1 fully saturated rings. The summed E-state index contributed by atoms with van der Waals surface area (Å²) in [5, 5.41) is 0. The van der Waals surface area contributed by atoms with Crippen molar-refractivity contribution in [1.29, 1.82) is 0 Å². The third-order valence-electron chi connectivity index (χ3n) is 3.86. The molecule has 0 N–H and O–H groups in total. The van der Waals surface area contributed by atoms with Crippen molar-refractivity contribution in [2.75, 3.05) is 13.1 Å². The van der Waals surface area contributed by atoms with Crippen LogP contribution in [0, 0.1) is 0 Å². The predicted octanol–water partition coefficient (Wildman–Crippen LogP) is 4.28. The van der Waals surface area contributed by atoms with Crippen molar-refractivity contribution in [3.63, 3.8) is 0 Å². The molecule has 0 atom stereocenters. The van der Waals surface area contributed by atoms with Crippen LogP contribution in [0.4, 0.5) is 0 Å². The number of likely N-dealkylation sites (tertiary alicyclic amines) is 1. The molecule has 1 saturated heterocycles. The van der Waals surface area contributed by atoms with Gasteiger partial charge in [0.25, 0.3) is 5.91 Å². The van der Waals surface area contributed by atoms with Gasteiger partial charge in [0.15, 0.2) is 0 Å². The molecule has 1 aromatic heterocycles. The first kappa shape index (κ1) is 14.6. The van der Waals surface area contributed by atoms with E-state index in [1.165, 1.54) is 36.1 Å². The zero-order chi connectivity index (χ0) is 13.7. The van der Waals surface area contributed by atoms with Crippen LogP contribution in [0.3, 0.4) is 0 Å². The van der Waals surface area contributed by atoms with Crippen LogP contribution in [0.5, 0.6) is 0 Å². The lowest BCUT2D eigenvalue weighted by Gasteiger charge is -2.19. The first-order valence-corrected chi connectivity index (χ1v) is 8.48. The Labute approximate surface area is 120 Å². The van der Waals surface area contributed by atoms with E-state index >= 15 is 0 Å². The van der Waals surface area contributed by atoms with Crippen molar-refractivity contribution in [2.45, 2.75) is 58.8 Å². The summed E-state index contributed by atoms with van der Waals surface area (Å²) in [5.74, 6) is 0.268. The number of nitrogens with zero attached hydrogens (tertiary/aromatic N) is 1. The number of carbonyl (C=O) groups is 1. The molecule has 0 bridgehead atoms. The Morgan fingerprint density at radius 2 is 1.89 bits per heavy atom. The van der Waals surface area contributed by atoms with E-state index in [4.69, 9.17) is 0 Å². The van der Waals surface area contributed by atoms with E-state index in [1.807, 2.05) is 0 Å². The number of rotatable bonds is 4. The van der Waals surface area contributed by atoms with Crippen molar-refractivity contribution >= 4 is 17.2 Å². The van der Waals surface area contributed by atoms with Crippen LogP contribution in [0.1, 0.15) is 66.1 Å². The molecule has 0 unspecified atom stereocenters. The molecule has 0 aromatic carbocycles. The summed E-state index contributed by atoms with van der Waals surface area (Å²) in [6, 6.07) is 2.14. The smallest absolute Gasteiger partial charge is 0.263 e. The molecular weight excluding hydrogens is 254 g/mol. The number of thiophene rings is 1. The van der Waals surface area contributed by atoms with Crippen LogP contribution >= 0.6 is 11.3 Å². The van der Waals surface area contributed by atoms with Crippen LogP contribution in [0.25, 0.3) is 0 Å². The number of amides is 1. The maximum Gasteiger partial charge on any atom is 0.263 e. The van der Waals surface area contributed by atoms with Crippen LogP contribution in [-0.2, 0) is 12.8 Å². The molecule has 1 aliphatic rings. The Hall–Kier alpha value is -0.830. The van der Waals surface area contributed by atoms with Crippen molar-refractivity contribution in [3.8, 4) is 0 Å². The van der Waals surface area contributed by atoms with Gasteiger partial charge in [-0.3, -0.25) is 4.79 Å². The number of hydrogen-bond donors (Lipinski definition) is 0. The van der Waals surface area contributed by atoms with Gasteiger partial charge in [-0.2, -0.15) is 0 Å². The average Bonchev–Trinajstić information content (AvgIpc) is 2.64. The fourth-order valence-electron chi connectivity index (χ4n) is 2.74. The average molecular weight is 279 g/mol. The SMILES string of the molecule is CCCc1sc(C(=O)N2CCCCCC2)cc1CC. The second-order valence-electron chi connectivity index (χ2n) is 5.37. The normalized spacial score (nSPS) is 16.4. The van der Waals surface area contributed by atoms with Gasteiger partial charge in [0.2, 0.25) is 0 Å². The van der Waals surface area contributed by atoms with Crippen molar-refractivity contribution in [2.24, 2.45) is 0 Å². The molecule has 2 nitrogen and oxygen atoms in total. The molecule has 1 aromatic rings. The summed E-state index contributed by atoms with van der Waals surface area (Å²) in [7, 11) is 0. The molecule has 3 heteroatoms. The lowest BCUT2D eigenvalue weighted by Crippen LogP contribution is -2.31. The van der Waals surface area contributed by atoms with E-state index in [-0.39, 0.29) is 5.91 Å². The molecule has 2 heterocycles. The second kappa shape index (κ2) is 7.09. The zero-order valence-electron chi connectivity index (χ0n) is 12.2. The van der Waals surface area contributed by atoms with Crippen molar-refractivity contribution < 1.29 is 4.79 Å². The first-order valence-electron chi connectivity index (χ1n) is 7.67. The minimum atomic E-state index is 0.268. The van der Waals surface area contributed by atoms with Gasteiger partial charge in [-0.05, 0) is 37.3 Å². The zero-order valence-corrected chi connectivity index (χ0v) is 13.0. The molecule has 1 amide bonds. The largest absolute Gasteiger partial charge is 0.338 e. The minimum absolute atomic E-state index is 0.268. The Balaban J connectivity index is 2.13. The highest BCUT2D eigenvalue weighted by molar-refractivity contribution is 7.14. The molecule has 2 rings (SSSR count). The van der Waals surface area contributed by atoms with Crippen LogP contribution in [0.2, 0.25) is 0 Å². The Kier molecular flexibility index (Phi) is 5.44. The molecule has 19 heavy (non-hydrogen) atoms. The Morgan fingerprint density at radius 3 is 2.47 bits per heavy atom. The van der Waals surface area contributed by atoms with Gasteiger partial charge >= 0.3 is 0 Å². The van der Waals surface area contributed by atoms with Crippen LogP contribution in [-0.4, -0.2) is 23.9 Å². The van der Waals surface area contributed by atoms with Gasteiger partial charge in [0.05, 0.1) is 4.88 Å². The van der Waals surface area contributed by atoms with Gasteiger partial charge in [-0.15, -0.1) is 11.3 Å². The third kappa shape index (κ3) is 3.59. The van der Waals surface area contributed by atoms with E-state index in [0.29, 0.717) is 0 Å². The molecule has 0 saturated carbocycles. The number of carbonyl (C=O) groups excluding carboxylic acids is 1. The summed E-state index contributed by atoms with van der Waals surface area (Å²) in [6.45, 7) is 6.28. The number of aryl methyl sites for hydroxylation is 2. The van der Waals surface area contributed by atoms with Gasteiger partial charge in [-0.25, -0.2) is 0 Å². The lowest BCUT2D eigenvalue weighted by atomic mass is 10.1. The highest BCUT2D eigenvalue weighted by atomic mass is 32.1. The topological polar surface area (TPSA) is 20.3 Å². The van der Waals surface area contributed by atoms with Crippen molar-refractivity contribution in [1.82, 2.24) is 4.90 Å². The van der Waals surface area contributed by atoms with Gasteiger partial charge < -0.3 is 4.90 Å². The summed E-state index contributed by atoms with van der Waals surface area (Å²) in [4.78, 5) is 17.0. The first-order chi connectivity index (χ1) is 9.26. The highest BCUT2D eigenvalue weighted by Crippen LogP contribution is 2.26. The Morgan fingerprint density at radius 1 is 1.21 bits per heavy atom. The maximum atomic E-state index is 12.6. The molecule has 0 radical (unpaired) electrons. The van der Waals surface area contributed by atoms with Gasteiger partial charge in [0.1, 0.15) is 0 Å². The van der Waals surface area contributed by atoms with E-state index < -0.39 is 0 Å². The van der Waals surface area contributed by atoms with E-state index in [1.54, 1.807) is 11.3 Å². The molecular formula is C16H25NOS. The maximum absolute atomic E-state index is 12.6. The third-order valence-corrected chi connectivity index (χ3v) is 5.08. The standard InChI is InChI=1S/C16H25NOS/c1-3-9-14-13(4-2)12-15(19-14)16(18)17-10-7-5-6-8-11-17/h12H,3-11H2,1-2H3. The Bertz CT molecular complexity index is 416. The van der Waals surface area contributed by atoms with Crippen LogP contribution in [0.15, 0.2) is 6.07 Å². The molecule has 0 aliphatic carbocycles. The quantitative estimate of drug-likeness (QED) is 0.805. The summed E-state index contributed by atoms with van der Waals surface area (Å²) >= 11 is 1.73. The summed E-state index contributed by atoms with van der Waals surface area (Å²) < 4.78 is 0. The lowest BCUT2D eigenvalue weighted by molar-refractivity contribution is 0.0766. The molecule has 1 aliphatic heterocycles. The van der Waals surface area contributed by atoms with E-state index in [2.05, 4.69) is 24.8 Å². The van der Waals surface area contributed by atoms with Crippen molar-refractivity contribution in [3.05, 3.63) is 21.4 Å². The summed E-state index contributed by atoms with van der Waals surface area (Å²) in [6.07, 6.45) is 8.19. The second-order valence-corrected chi connectivity index (χ2v) is 6.51. The van der Waals surface area contributed by atoms with E-state index in [9.17, 15) is 4.79 Å². The monoisotopic (exact) mass is 279 g/mol.